The lowest BCUT2D eigenvalue weighted by Gasteiger charge is -2.26. The summed E-state index contributed by atoms with van der Waals surface area (Å²) in [6.45, 7) is 0.636. The summed E-state index contributed by atoms with van der Waals surface area (Å²) in [4.78, 5) is 13.5. The Morgan fingerprint density at radius 1 is 1.09 bits per heavy atom. The SMILES string of the molecule is COC(=O)N1C=Cc2ccccc2C(c2ccccc2)CC1. The molecule has 3 rings (SSSR count). The molecule has 1 amide bonds. The maximum atomic E-state index is 11.8. The first kappa shape index (κ1) is 14.4. The second-order valence-electron chi connectivity index (χ2n) is 5.36. The lowest BCUT2D eigenvalue weighted by atomic mass is 9.85. The third-order valence-corrected chi connectivity index (χ3v) is 4.08. The van der Waals surface area contributed by atoms with Crippen LogP contribution in [0.1, 0.15) is 29.0 Å². The summed E-state index contributed by atoms with van der Waals surface area (Å²) in [6.07, 6.45) is 4.34. The quantitative estimate of drug-likeness (QED) is 0.786. The molecule has 1 heterocycles. The van der Waals surface area contributed by atoms with Gasteiger partial charge in [0, 0.05) is 18.7 Å². The number of methoxy groups -OCH3 is 1. The van der Waals surface area contributed by atoms with E-state index in [1.807, 2.05) is 24.4 Å². The average molecular weight is 293 g/mol. The molecule has 22 heavy (non-hydrogen) atoms. The Balaban J connectivity index is 2.03. The molecular formula is C19H19NO2. The molecular weight excluding hydrogens is 274 g/mol. The maximum Gasteiger partial charge on any atom is 0.413 e. The predicted octanol–water partition coefficient (Wildman–Crippen LogP) is 4.26. The molecule has 1 atom stereocenters. The molecule has 0 aliphatic carbocycles. The second kappa shape index (κ2) is 6.48. The third-order valence-electron chi connectivity index (χ3n) is 4.08. The number of rotatable bonds is 1. The van der Waals surface area contributed by atoms with Crippen molar-refractivity contribution in [1.82, 2.24) is 4.90 Å². The molecule has 0 spiro atoms. The topological polar surface area (TPSA) is 29.5 Å². The van der Waals surface area contributed by atoms with E-state index in [4.69, 9.17) is 4.74 Å². The summed E-state index contributed by atoms with van der Waals surface area (Å²) in [5.41, 5.74) is 3.72. The van der Waals surface area contributed by atoms with Gasteiger partial charge in [0.25, 0.3) is 0 Å². The smallest absolute Gasteiger partial charge is 0.413 e. The van der Waals surface area contributed by atoms with Crippen LogP contribution in [0.3, 0.4) is 0 Å². The highest BCUT2D eigenvalue weighted by Gasteiger charge is 2.21. The van der Waals surface area contributed by atoms with Crippen molar-refractivity contribution < 1.29 is 9.53 Å². The minimum absolute atomic E-state index is 0.273. The molecule has 3 heteroatoms. The zero-order chi connectivity index (χ0) is 15.4. The fourth-order valence-corrected chi connectivity index (χ4v) is 2.95. The summed E-state index contributed by atoms with van der Waals surface area (Å²) >= 11 is 0. The van der Waals surface area contributed by atoms with Crippen molar-refractivity contribution in [2.45, 2.75) is 12.3 Å². The van der Waals surface area contributed by atoms with Crippen molar-refractivity contribution in [1.29, 1.82) is 0 Å². The first-order valence-electron chi connectivity index (χ1n) is 7.46. The van der Waals surface area contributed by atoms with Crippen LogP contribution in [0.5, 0.6) is 0 Å². The number of carbonyl (C=O) groups excluding carboxylic acids is 1. The fourth-order valence-electron chi connectivity index (χ4n) is 2.95. The standard InChI is InChI=1S/C19H19NO2/c1-22-19(21)20-13-11-16-9-5-6-10-17(16)18(12-14-20)15-7-3-2-4-8-15/h2-11,13,18H,12,14H2,1H3. The normalized spacial score (nSPS) is 17.3. The molecule has 0 saturated heterocycles. The zero-order valence-electron chi connectivity index (χ0n) is 12.6. The van der Waals surface area contributed by atoms with Crippen molar-refractivity contribution in [2.75, 3.05) is 13.7 Å². The molecule has 0 bridgehead atoms. The molecule has 2 aromatic carbocycles. The van der Waals surface area contributed by atoms with Gasteiger partial charge >= 0.3 is 6.09 Å². The van der Waals surface area contributed by atoms with Crippen LogP contribution in [0.2, 0.25) is 0 Å². The van der Waals surface area contributed by atoms with Gasteiger partial charge in [0.15, 0.2) is 0 Å². The minimum Gasteiger partial charge on any atom is -0.452 e. The Morgan fingerprint density at radius 3 is 2.59 bits per heavy atom. The number of fused-ring (bicyclic) bond motifs is 1. The summed E-state index contributed by atoms with van der Waals surface area (Å²) in [7, 11) is 1.41. The van der Waals surface area contributed by atoms with Gasteiger partial charge in [-0.2, -0.15) is 0 Å². The van der Waals surface area contributed by atoms with E-state index in [0.29, 0.717) is 6.54 Å². The van der Waals surface area contributed by atoms with Gasteiger partial charge in [-0.3, -0.25) is 4.90 Å². The van der Waals surface area contributed by atoms with Gasteiger partial charge in [-0.1, -0.05) is 54.6 Å². The maximum absolute atomic E-state index is 11.8. The highest BCUT2D eigenvalue weighted by atomic mass is 16.5. The summed E-state index contributed by atoms with van der Waals surface area (Å²) < 4.78 is 4.85. The number of carbonyl (C=O) groups is 1. The second-order valence-corrected chi connectivity index (χ2v) is 5.36. The Labute approximate surface area is 130 Å². The minimum atomic E-state index is -0.317. The van der Waals surface area contributed by atoms with Gasteiger partial charge in [-0.15, -0.1) is 0 Å². The average Bonchev–Trinajstić information content (AvgIpc) is 2.56. The van der Waals surface area contributed by atoms with Gasteiger partial charge in [0.05, 0.1) is 7.11 Å². The summed E-state index contributed by atoms with van der Waals surface area (Å²) in [5.74, 6) is 0.273. The first-order valence-corrected chi connectivity index (χ1v) is 7.46. The van der Waals surface area contributed by atoms with E-state index in [1.54, 1.807) is 4.90 Å². The van der Waals surface area contributed by atoms with Crippen LogP contribution in [0.4, 0.5) is 4.79 Å². The van der Waals surface area contributed by atoms with Crippen molar-refractivity contribution >= 4 is 12.2 Å². The lowest BCUT2D eigenvalue weighted by Crippen LogP contribution is -2.28. The van der Waals surface area contributed by atoms with Crippen LogP contribution in [0.15, 0.2) is 60.8 Å². The van der Waals surface area contributed by atoms with Crippen LogP contribution >= 0.6 is 0 Å². The monoisotopic (exact) mass is 293 g/mol. The predicted molar refractivity (Wildman–Crippen MR) is 87.5 cm³/mol. The van der Waals surface area contributed by atoms with Crippen molar-refractivity contribution in [3.05, 3.63) is 77.5 Å². The molecule has 0 aromatic heterocycles. The molecule has 2 aromatic rings. The Kier molecular flexibility index (Phi) is 4.24. The van der Waals surface area contributed by atoms with Crippen LogP contribution in [0.25, 0.3) is 6.08 Å². The Hall–Kier alpha value is -2.55. The van der Waals surface area contributed by atoms with Crippen molar-refractivity contribution in [3.8, 4) is 0 Å². The molecule has 1 unspecified atom stereocenters. The van der Waals surface area contributed by atoms with Gasteiger partial charge in [-0.05, 0) is 29.2 Å². The highest BCUT2D eigenvalue weighted by molar-refractivity contribution is 5.71. The molecule has 3 nitrogen and oxygen atoms in total. The van der Waals surface area contributed by atoms with Crippen molar-refractivity contribution in [2.24, 2.45) is 0 Å². The fraction of sp³-hybridized carbons (Fsp3) is 0.211. The first-order chi connectivity index (χ1) is 10.8. The molecule has 0 N–H and O–H groups in total. The van der Waals surface area contributed by atoms with E-state index in [2.05, 4.69) is 42.5 Å². The van der Waals surface area contributed by atoms with Gasteiger partial charge in [-0.25, -0.2) is 4.79 Å². The molecule has 0 fully saturated rings. The van der Waals surface area contributed by atoms with E-state index in [1.165, 1.54) is 18.2 Å². The number of amides is 1. The Bertz CT molecular complexity index is 679. The highest BCUT2D eigenvalue weighted by Crippen LogP contribution is 2.32. The number of benzene rings is 2. The zero-order valence-corrected chi connectivity index (χ0v) is 12.6. The van der Waals surface area contributed by atoms with Gasteiger partial charge in [0.2, 0.25) is 0 Å². The van der Waals surface area contributed by atoms with E-state index >= 15 is 0 Å². The van der Waals surface area contributed by atoms with E-state index in [-0.39, 0.29) is 12.0 Å². The Morgan fingerprint density at radius 2 is 1.82 bits per heavy atom. The number of nitrogens with zero attached hydrogens (tertiary/aromatic N) is 1. The van der Waals surface area contributed by atoms with E-state index < -0.39 is 0 Å². The van der Waals surface area contributed by atoms with E-state index in [9.17, 15) is 4.79 Å². The van der Waals surface area contributed by atoms with E-state index in [0.717, 1.165) is 12.0 Å². The summed E-state index contributed by atoms with van der Waals surface area (Å²) in [5, 5.41) is 0. The largest absolute Gasteiger partial charge is 0.452 e. The molecule has 1 aliphatic heterocycles. The van der Waals surface area contributed by atoms with Crippen LogP contribution < -0.4 is 0 Å². The van der Waals surface area contributed by atoms with Crippen molar-refractivity contribution in [3.63, 3.8) is 0 Å². The lowest BCUT2D eigenvalue weighted by molar-refractivity contribution is 0.139. The molecule has 0 radical (unpaired) electrons. The number of hydrogen-bond acceptors (Lipinski definition) is 2. The van der Waals surface area contributed by atoms with Gasteiger partial charge < -0.3 is 4.74 Å². The summed E-state index contributed by atoms with van der Waals surface area (Å²) in [6, 6.07) is 18.8. The molecule has 1 aliphatic rings. The number of ether oxygens (including phenoxy) is 1. The van der Waals surface area contributed by atoms with Crippen LogP contribution in [-0.4, -0.2) is 24.6 Å². The third kappa shape index (κ3) is 2.89. The number of hydrogen-bond donors (Lipinski definition) is 0. The van der Waals surface area contributed by atoms with Crippen LogP contribution in [-0.2, 0) is 4.74 Å². The van der Waals surface area contributed by atoms with Gasteiger partial charge in [0.1, 0.15) is 0 Å². The molecule has 112 valence electrons. The van der Waals surface area contributed by atoms with Crippen LogP contribution in [0, 0.1) is 0 Å². The molecule has 0 saturated carbocycles.